The summed E-state index contributed by atoms with van der Waals surface area (Å²) in [6, 6.07) is 4.11. The van der Waals surface area contributed by atoms with Crippen molar-refractivity contribution in [1.29, 1.82) is 5.26 Å². The smallest absolute Gasteiger partial charge is 0.1000 e. The second-order valence-corrected chi connectivity index (χ2v) is 4.01. The first-order valence-electron chi connectivity index (χ1n) is 3.70. The van der Waals surface area contributed by atoms with Gasteiger partial charge in [0.25, 0.3) is 0 Å². The van der Waals surface area contributed by atoms with E-state index in [1.807, 2.05) is 11.4 Å². The van der Waals surface area contributed by atoms with Crippen molar-refractivity contribution in [3.05, 3.63) is 21.9 Å². The van der Waals surface area contributed by atoms with Gasteiger partial charge in [0.05, 0.1) is 11.6 Å². The molecule has 1 aromatic rings. The third kappa shape index (κ3) is 2.36. The Bertz CT molecular complexity index is 267. The average molecular weight is 165 g/mol. The van der Waals surface area contributed by atoms with Gasteiger partial charge in [-0.1, -0.05) is 13.8 Å². The first-order valence-corrected chi connectivity index (χ1v) is 4.58. The lowest BCUT2D eigenvalue weighted by molar-refractivity contribution is 0.654. The molecule has 0 fully saturated rings. The molecule has 0 aromatic carbocycles. The van der Waals surface area contributed by atoms with Crippen LogP contribution < -0.4 is 0 Å². The molecule has 0 aliphatic rings. The summed E-state index contributed by atoms with van der Waals surface area (Å²) >= 11 is 1.68. The monoisotopic (exact) mass is 165 g/mol. The predicted molar refractivity (Wildman–Crippen MR) is 47.6 cm³/mol. The van der Waals surface area contributed by atoms with Gasteiger partial charge in [-0.25, -0.2) is 0 Å². The molecule has 0 atom stereocenters. The summed E-state index contributed by atoms with van der Waals surface area (Å²) in [5.41, 5.74) is 0.797. The SMILES string of the molecule is CC(C)Cc1cc(C#N)cs1. The summed E-state index contributed by atoms with van der Waals surface area (Å²) in [5.74, 6) is 0.681. The summed E-state index contributed by atoms with van der Waals surface area (Å²) in [6.07, 6.45) is 1.09. The third-order valence-corrected chi connectivity index (χ3v) is 2.35. The number of nitriles is 1. The van der Waals surface area contributed by atoms with Crippen molar-refractivity contribution >= 4 is 11.3 Å². The van der Waals surface area contributed by atoms with Crippen molar-refractivity contribution in [1.82, 2.24) is 0 Å². The number of hydrogen-bond acceptors (Lipinski definition) is 2. The number of thiophene rings is 1. The molecule has 58 valence electrons. The Balaban J connectivity index is 2.67. The molecule has 0 spiro atoms. The highest BCUT2D eigenvalue weighted by Crippen LogP contribution is 2.17. The quantitative estimate of drug-likeness (QED) is 0.661. The summed E-state index contributed by atoms with van der Waals surface area (Å²) in [4.78, 5) is 1.32. The average Bonchev–Trinajstić information content (AvgIpc) is 2.34. The lowest BCUT2D eigenvalue weighted by atomic mass is 10.1. The lowest BCUT2D eigenvalue weighted by Gasteiger charge is -1.98. The van der Waals surface area contributed by atoms with Gasteiger partial charge in [0.15, 0.2) is 0 Å². The normalized spacial score (nSPS) is 10.0. The van der Waals surface area contributed by atoms with Gasteiger partial charge in [-0.2, -0.15) is 5.26 Å². The van der Waals surface area contributed by atoms with Gasteiger partial charge in [-0.15, -0.1) is 11.3 Å². The van der Waals surface area contributed by atoms with Crippen molar-refractivity contribution in [3.63, 3.8) is 0 Å². The molecule has 0 aliphatic carbocycles. The van der Waals surface area contributed by atoms with E-state index in [0.717, 1.165) is 12.0 Å². The first-order chi connectivity index (χ1) is 5.22. The summed E-state index contributed by atoms with van der Waals surface area (Å²) in [6.45, 7) is 4.37. The molecule has 0 saturated heterocycles. The minimum atomic E-state index is 0.681. The first kappa shape index (κ1) is 8.29. The van der Waals surface area contributed by atoms with Crippen LogP contribution in [0.25, 0.3) is 0 Å². The Morgan fingerprint density at radius 3 is 2.82 bits per heavy atom. The maximum atomic E-state index is 8.54. The molecule has 0 unspecified atom stereocenters. The van der Waals surface area contributed by atoms with Gasteiger partial charge in [-0.3, -0.25) is 0 Å². The minimum absolute atomic E-state index is 0.681. The van der Waals surface area contributed by atoms with Gasteiger partial charge in [0.1, 0.15) is 0 Å². The van der Waals surface area contributed by atoms with E-state index in [1.54, 1.807) is 11.3 Å². The summed E-state index contributed by atoms with van der Waals surface area (Å²) in [7, 11) is 0. The Morgan fingerprint density at radius 1 is 1.64 bits per heavy atom. The molecule has 11 heavy (non-hydrogen) atoms. The molecule has 2 heteroatoms. The van der Waals surface area contributed by atoms with E-state index >= 15 is 0 Å². The minimum Gasteiger partial charge on any atom is -0.192 e. The van der Waals surface area contributed by atoms with Crippen LogP contribution >= 0.6 is 11.3 Å². The summed E-state index contributed by atoms with van der Waals surface area (Å²) in [5, 5.41) is 10.5. The Kier molecular flexibility index (Phi) is 2.67. The van der Waals surface area contributed by atoms with Crippen molar-refractivity contribution < 1.29 is 0 Å². The lowest BCUT2D eigenvalue weighted by Crippen LogP contribution is -1.89. The molecule has 1 aromatic heterocycles. The fourth-order valence-corrected chi connectivity index (χ4v) is 1.97. The van der Waals surface area contributed by atoms with Crippen LogP contribution in [0, 0.1) is 17.2 Å². The molecular weight excluding hydrogens is 154 g/mol. The number of hydrogen-bond donors (Lipinski definition) is 0. The van der Waals surface area contributed by atoms with E-state index < -0.39 is 0 Å². The van der Waals surface area contributed by atoms with Crippen LogP contribution in [-0.4, -0.2) is 0 Å². The molecule has 0 aliphatic heterocycles. The standard InChI is InChI=1S/C9H11NS/c1-7(2)3-9-4-8(5-10)6-11-9/h4,6-7H,3H2,1-2H3. The zero-order valence-electron chi connectivity index (χ0n) is 6.79. The molecule has 1 rings (SSSR count). The highest BCUT2D eigenvalue weighted by Gasteiger charge is 2.00. The Labute approximate surface area is 71.3 Å². The second kappa shape index (κ2) is 3.54. The Hall–Kier alpha value is -0.810. The molecule has 1 nitrogen and oxygen atoms in total. The van der Waals surface area contributed by atoms with E-state index in [9.17, 15) is 0 Å². The fraction of sp³-hybridized carbons (Fsp3) is 0.444. The van der Waals surface area contributed by atoms with E-state index in [0.29, 0.717) is 5.92 Å². The zero-order chi connectivity index (χ0) is 8.27. The molecule has 0 radical (unpaired) electrons. The molecule has 0 bridgehead atoms. The van der Waals surface area contributed by atoms with Crippen LogP contribution in [0.3, 0.4) is 0 Å². The largest absolute Gasteiger partial charge is 0.192 e. The topological polar surface area (TPSA) is 23.8 Å². The maximum absolute atomic E-state index is 8.54. The van der Waals surface area contributed by atoms with Crippen LogP contribution in [-0.2, 0) is 6.42 Å². The van der Waals surface area contributed by atoms with Crippen molar-refractivity contribution in [2.24, 2.45) is 5.92 Å². The number of rotatable bonds is 2. The van der Waals surface area contributed by atoms with Gasteiger partial charge >= 0.3 is 0 Å². The second-order valence-electron chi connectivity index (χ2n) is 3.01. The van der Waals surface area contributed by atoms with E-state index in [2.05, 4.69) is 19.9 Å². The molecule has 0 N–H and O–H groups in total. The number of nitrogens with zero attached hydrogens (tertiary/aromatic N) is 1. The zero-order valence-corrected chi connectivity index (χ0v) is 7.61. The van der Waals surface area contributed by atoms with Gasteiger partial charge in [0, 0.05) is 10.3 Å². The van der Waals surface area contributed by atoms with E-state index in [4.69, 9.17) is 5.26 Å². The maximum Gasteiger partial charge on any atom is 0.1000 e. The highest BCUT2D eigenvalue weighted by atomic mass is 32.1. The van der Waals surface area contributed by atoms with Crippen LogP contribution in [0.15, 0.2) is 11.4 Å². The highest BCUT2D eigenvalue weighted by molar-refractivity contribution is 7.10. The van der Waals surface area contributed by atoms with Crippen molar-refractivity contribution in [3.8, 4) is 6.07 Å². The summed E-state index contributed by atoms with van der Waals surface area (Å²) < 4.78 is 0. The van der Waals surface area contributed by atoms with Gasteiger partial charge in [0.2, 0.25) is 0 Å². The molecular formula is C9H11NS. The van der Waals surface area contributed by atoms with E-state index in [1.165, 1.54) is 4.88 Å². The van der Waals surface area contributed by atoms with Crippen molar-refractivity contribution in [2.45, 2.75) is 20.3 Å². The van der Waals surface area contributed by atoms with Crippen LogP contribution in [0.4, 0.5) is 0 Å². The van der Waals surface area contributed by atoms with Crippen molar-refractivity contribution in [2.75, 3.05) is 0 Å². The van der Waals surface area contributed by atoms with Gasteiger partial charge in [-0.05, 0) is 18.4 Å². The van der Waals surface area contributed by atoms with Gasteiger partial charge < -0.3 is 0 Å². The molecule has 0 saturated carbocycles. The third-order valence-electron chi connectivity index (χ3n) is 1.39. The fourth-order valence-electron chi connectivity index (χ4n) is 0.949. The predicted octanol–water partition coefficient (Wildman–Crippen LogP) is 2.82. The van der Waals surface area contributed by atoms with Crippen LogP contribution in [0.1, 0.15) is 24.3 Å². The Morgan fingerprint density at radius 2 is 2.36 bits per heavy atom. The molecule has 0 amide bonds. The molecule has 1 heterocycles. The van der Waals surface area contributed by atoms with E-state index in [-0.39, 0.29) is 0 Å². The van der Waals surface area contributed by atoms with Crippen LogP contribution in [0.5, 0.6) is 0 Å². The van der Waals surface area contributed by atoms with Crippen LogP contribution in [0.2, 0.25) is 0 Å².